The lowest BCUT2D eigenvalue weighted by molar-refractivity contribution is -0.381. The van der Waals surface area contributed by atoms with Crippen molar-refractivity contribution in [3.8, 4) is 0 Å². The van der Waals surface area contributed by atoms with E-state index in [1.165, 1.54) is 37.7 Å². The van der Waals surface area contributed by atoms with Crippen molar-refractivity contribution in [3.63, 3.8) is 0 Å². The molecule has 0 unspecified atom stereocenters. The SMILES string of the molecule is CC(C)C1=C2CC[C@]3(C)[C@H](CC[C@@H]4[C@H]5[C@H]6O[C@@]5(CCC6(C)C)CC[C@]43C)[C@@]2(C)C(=O)C1=O. The van der Waals surface area contributed by atoms with Crippen LogP contribution in [0.25, 0.3) is 0 Å². The average molecular weight is 439 g/mol. The molecule has 4 aliphatic carbocycles. The molecular formula is C29H42O3. The fourth-order valence-corrected chi connectivity index (χ4v) is 10.5. The van der Waals surface area contributed by atoms with Crippen LogP contribution in [0.15, 0.2) is 11.1 Å². The minimum Gasteiger partial charge on any atom is -0.370 e. The second-order valence-electron chi connectivity index (χ2n) is 14.1. The molecule has 0 aromatic carbocycles. The fraction of sp³-hybridized carbons (Fsp3) is 0.862. The molecule has 0 amide bonds. The van der Waals surface area contributed by atoms with Gasteiger partial charge in [0.15, 0.2) is 0 Å². The first-order valence-corrected chi connectivity index (χ1v) is 13.3. The second-order valence-corrected chi connectivity index (χ2v) is 14.1. The molecule has 2 saturated heterocycles. The van der Waals surface area contributed by atoms with E-state index in [2.05, 4.69) is 48.5 Å². The van der Waals surface area contributed by atoms with E-state index in [1.54, 1.807) is 0 Å². The van der Waals surface area contributed by atoms with Gasteiger partial charge in [-0.15, -0.1) is 0 Å². The van der Waals surface area contributed by atoms with Crippen LogP contribution in [0.2, 0.25) is 0 Å². The highest BCUT2D eigenvalue weighted by atomic mass is 16.5. The van der Waals surface area contributed by atoms with Gasteiger partial charge in [0.25, 0.3) is 0 Å². The lowest BCUT2D eigenvalue weighted by Crippen LogP contribution is -2.76. The molecule has 0 radical (unpaired) electrons. The predicted octanol–water partition coefficient (Wildman–Crippen LogP) is 6.30. The molecular weight excluding hydrogens is 396 g/mol. The van der Waals surface area contributed by atoms with E-state index in [0.29, 0.717) is 17.9 Å². The molecule has 2 heterocycles. The molecule has 2 aliphatic heterocycles. The van der Waals surface area contributed by atoms with E-state index in [0.717, 1.165) is 24.8 Å². The molecule has 5 fully saturated rings. The molecule has 3 saturated carbocycles. The number of fused-ring (bicyclic) bond motifs is 8. The Morgan fingerprint density at radius 1 is 0.875 bits per heavy atom. The monoisotopic (exact) mass is 438 g/mol. The van der Waals surface area contributed by atoms with Crippen LogP contribution in [0.4, 0.5) is 0 Å². The maximum Gasteiger partial charge on any atom is 0.225 e. The van der Waals surface area contributed by atoms with Gasteiger partial charge in [-0.05, 0) is 97.9 Å². The maximum absolute atomic E-state index is 13.6. The first-order chi connectivity index (χ1) is 14.8. The van der Waals surface area contributed by atoms with Crippen molar-refractivity contribution in [2.45, 2.75) is 112 Å². The van der Waals surface area contributed by atoms with Gasteiger partial charge in [-0.3, -0.25) is 9.59 Å². The summed E-state index contributed by atoms with van der Waals surface area (Å²) in [5, 5.41) is 0. The Kier molecular flexibility index (Phi) is 4.04. The Bertz CT molecular complexity index is 953. The zero-order valence-electron chi connectivity index (χ0n) is 21.3. The largest absolute Gasteiger partial charge is 0.370 e. The summed E-state index contributed by atoms with van der Waals surface area (Å²) < 4.78 is 6.70. The normalized spacial score (nSPS) is 53.4. The molecule has 3 heteroatoms. The van der Waals surface area contributed by atoms with E-state index in [-0.39, 0.29) is 45.2 Å². The van der Waals surface area contributed by atoms with Crippen LogP contribution < -0.4 is 0 Å². The predicted molar refractivity (Wildman–Crippen MR) is 125 cm³/mol. The zero-order valence-corrected chi connectivity index (χ0v) is 21.3. The van der Waals surface area contributed by atoms with Crippen molar-refractivity contribution in [2.75, 3.05) is 0 Å². The number of Topliss-reactive ketones (excluding diaryl/α,β-unsaturated/α-hetero) is 2. The highest BCUT2D eigenvalue weighted by molar-refractivity contribution is 6.48. The van der Waals surface area contributed by atoms with Crippen LogP contribution in [0.3, 0.4) is 0 Å². The molecule has 32 heavy (non-hydrogen) atoms. The smallest absolute Gasteiger partial charge is 0.225 e. The van der Waals surface area contributed by atoms with Gasteiger partial charge in [0.1, 0.15) is 0 Å². The lowest BCUT2D eigenvalue weighted by Gasteiger charge is -2.76. The van der Waals surface area contributed by atoms with Gasteiger partial charge >= 0.3 is 0 Å². The van der Waals surface area contributed by atoms with Gasteiger partial charge < -0.3 is 4.74 Å². The second kappa shape index (κ2) is 5.99. The summed E-state index contributed by atoms with van der Waals surface area (Å²) in [6, 6.07) is 0. The van der Waals surface area contributed by atoms with Gasteiger partial charge in [0.05, 0.1) is 17.1 Å². The van der Waals surface area contributed by atoms with Crippen molar-refractivity contribution in [1.29, 1.82) is 0 Å². The third-order valence-electron chi connectivity index (χ3n) is 12.5. The molecule has 6 aliphatic rings. The van der Waals surface area contributed by atoms with Crippen LogP contribution in [0, 0.1) is 45.3 Å². The Hall–Kier alpha value is -0.960. The Balaban J connectivity index is 1.43. The van der Waals surface area contributed by atoms with E-state index in [1.807, 2.05) is 0 Å². The third kappa shape index (κ3) is 2.11. The Morgan fingerprint density at radius 2 is 1.56 bits per heavy atom. The highest BCUT2D eigenvalue weighted by Crippen LogP contribution is 2.77. The summed E-state index contributed by atoms with van der Waals surface area (Å²) in [4.78, 5) is 26.7. The number of ether oxygens (including phenoxy) is 1. The van der Waals surface area contributed by atoms with Crippen molar-refractivity contribution >= 4 is 11.6 Å². The number of allylic oxidation sites excluding steroid dienone is 2. The van der Waals surface area contributed by atoms with Gasteiger partial charge in [-0.25, -0.2) is 0 Å². The number of carbonyl (C=O) groups is 2. The van der Waals surface area contributed by atoms with Crippen molar-refractivity contribution in [2.24, 2.45) is 45.3 Å². The van der Waals surface area contributed by atoms with E-state index in [4.69, 9.17) is 4.74 Å². The van der Waals surface area contributed by atoms with Crippen molar-refractivity contribution in [1.82, 2.24) is 0 Å². The van der Waals surface area contributed by atoms with E-state index < -0.39 is 5.41 Å². The summed E-state index contributed by atoms with van der Waals surface area (Å²) in [6.07, 6.45) is 9.64. The third-order valence-corrected chi connectivity index (χ3v) is 12.5. The number of hydrogen-bond acceptors (Lipinski definition) is 3. The molecule has 2 bridgehead atoms. The summed E-state index contributed by atoms with van der Waals surface area (Å²) in [6.45, 7) is 16.2. The van der Waals surface area contributed by atoms with Crippen molar-refractivity contribution in [3.05, 3.63) is 11.1 Å². The van der Waals surface area contributed by atoms with Gasteiger partial charge in [-0.2, -0.15) is 0 Å². The van der Waals surface area contributed by atoms with Crippen LogP contribution >= 0.6 is 0 Å². The molecule has 0 aromatic heterocycles. The zero-order chi connectivity index (χ0) is 23.1. The van der Waals surface area contributed by atoms with Gasteiger partial charge in [0, 0.05) is 11.5 Å². The Morgan fingerprint density at radius 3 is 2.22 bits per heavy atom. The van der Waals surface area contributed by atoms with E-state index >= 15 is 0 Å². The average Bonchev–Trinajstić information content (AvgIpc) is 2.90. The van der Waals surface area contributed by atoms with Crippen molar-refractivity contribution < 1.29 is 14.3 Å². The van der Waals surface area contributed by atoms with E-state index in [9.17, 15) is 9.59 Å². The number of hydrogen-bond donors (Lipinski definition) is 0. The molecule has 0 N–H and O–H groups in total. The topological polar surface area (TPSA) is 43.4 Å². The summed E-state index contributed by atoms with van der Waals surface area (Å²) in [7, 11) is 0. The van der Waals surface area contributed by atoms with Crippen LogP contribution in [0.5, 0.6) is 0 Å². The molecule has 1 spiro atoms. The van der Waals surface area contributed by atoms with Crippen LogP contribution in [-0.4, -0.2) is 23.3 Å². The minimum absolute atomic E-state index is 0.0913. The summed E-state index contributed by atoms with van der Waals surface area (Å²) in [5.74, 6) is 1.53. The summed E-state index contributed by atoms with van der Waals surface area (Å²) in [5.41, 5.74) is 2.24. The number of rotatable bonds is 1. The quantitative estimate of drug-likeness (QED) is 0.451. The Labute approximate surface area is 194 Å². The van der Waals surface area contributed by atoms with Crippen LogP contribution in [-0.2, 0) is 14.3 Å². The number of ketones is 2. The molecule has 8 atom stereocenters. The fourth-order valence-electron chi connectivity index (χ4n) is 10.5. The first-order valence-electron chi connectivity index (χ1n) is 13.3. The highest BCUT2D eigenvalue weighted by Gasteiger charge is 2.75. The molecule has 176 valence electrons. The van der Waals surface area contributed by atoms with Gasteiger partial charge in [-0.1, -0.05) is 41.5 Å². The lowest BCUT2D eigenvalue weighted by atomic mass is 9.33. The number of carbonyl (C=O) groups excluding carboxylic acids is 2. The van der Waals surface area contributed by atoms with Crippen LogP contribution in [0.1, 0.15) is 99.8 Å². The summed E-state index contributed by atoms with van der Waals surface area (Å²) >= 11 is 0. The molecule has 3 nitrogen and oxygen atoms in total. The van der Waals surface area contributed by atoms with Gasteiger partial charge in [0.2, 0.25) is 11.6 Å². The molecule has 0 aromatic rings. The molecule has 6 rings (SSSR count). The minimum atomic E-state index is -0.571. The standard InChI is InChI=1S/C29H42O3/c1-16(2)20-17-10-11-27(6)19(28(17,7)23(31)22(20)30)9-8-18-21-24-25(3,4)12-14-29(21,32-24)15-13-26(18,27)5/h16,18-19,21,24H,8-15H2,1-7H3/t18-,19+,21+,24-,26-,27-,28+,29+/m1/s1. The maximum atomic E-state index is 13.6. The first kappa shape index (κ1) is 21.6.